The summed E-state index contributed by atoms with van der Waals surface area (Å²) in [5.41, 5.74) is 0.652. The van der Waals surface area contributed by atoms with Crippen molar-refractivity contribution < 1.29 is 9.53 Å². The van der Waals surface area contributed by atoms with Gasteiger partial charge in [0, 0.05) is 9.79 Å². The quantitative estimate of drug-likeness (QED) is 0.591. The summed E-state index contributed by atoms with van der Waals surface area (Å²) in [4.78, 5) is 13.1. The second-order valence-electron chi connectivity index (χ2n) is 3.27. The van der Waals surface area contributed by atoms with E-state index < -0.39 is 0 Å². The van der Waals surface area contributed by atoms with Crippen LogP contribution in [-0.2, 0) is 9.53 Å². The first-order valence-corrected chi connectivity index (χ1v) is 7.64. The van der Waals surface area contributed by atoms with E-state index in [9.17, 15) is 10.1 Å². The molecule has 0 bridgehead atoms. The van der Waals surface area contributed by atoms with Crippen LogP contribution in [0.3, 0.4) is 0 Å². The van der Waals surface area contributed by atoms with Crippen LogP contribution < -0.4 is 0 Å². The molecule has 5 heteroatoms. The van der Waals surface area contributed by atoms with Crippen molar-refractivity contribution in [3.05, 3.63) is 23.8 Å². The third-order valence-corrected chi connectivity index (χ3v) is 4.02. The summed E-state index contributed by atoms with van der Waals surface area (Å²) in [6.45, 7) is 4.21. The second-order valence-corrected chi connectivity index (χ2v) is 5.59. The van der Waals surface area contributed by atoms with E-state index in [1.165, 1.54) is 11.8 Å². The van der Waals surface area contributed by atoms with E-state index >= 15 is 0 Å². The zero-order chi connectivity index (χ0) is 13.4. The summed E-state index contributed by atoms with van der Waals surface area (Å²) >= 11 is 2.98. The van der Waals surface area contributed by atoms with Crippen molar-refractivity contribution >= 4 is 29.5 Å². The summed E-state index contributed by atoms with van der Waals surface area (Å²) in [7, 11) is 0. The number of ether oxygens (including phenoxy) is 1. The minimum Gasteiger partial charge on any atom is -0.465 e. The number of hydrogen-bond acceptors (Lipinski definition) is 5. The first-order valence-electron chi connectivity index (χ1n) is 5.67. The number of carbonyl (C=O) groups is 1. The third kappa shape index (κ3) is 4.28. The lowest BCUT2D eigenvalue weighted by atomic mass is 10.2. The molecule has 1 aromatic rings. The van der Waals surface area contributed by atoms with Crippen molar-refractivity contribution in [3.63, 3.8) is 0 Å². The Balaban J connectivity index is 2.79. The fraction of sp³-hybridized carbons (Fsp3) is 0.385. The van der Waals surface area contributed by atoms with Gasteiger partial charge in [-0.2, -0.15) is 5.26 Å². The maximum Gasteiger partial charge on any atom is 0.316 e. The highest BCUT2D eigenvalue weighted by atomic mass is 32.2. The molecule has 0 fully saturated rings. The molecule has 0 aliphatic rings. The van der Waals surface area contributed by atoms with Crippen LogP contribution in [0.15, 0.2) is 28.0 Å². The molecule has 0 unspecified atom stereocenters. The van der Waals surface area contributed by atoms with Crippen LogP contribution in [0.1, 0.15) is 19.4 Å². The van der Waals surface area contributed by atoms with Crippen molar-refractivity contribution in [3.8, 4) is 6.07 Å². The van der Waals surface area contributed by atoms with Gasteiger partial charge in [-0.1, -0.05) is 13.0 Å². The maximum absolute atomic E-state index is 11.3. The summed E-state index contributed by atoms with van der Waals surface area (Å²) < 4.78 is 4.87. The number of nitriles is 1. The Hall–Kier alpha value is -1.12. The molecule has 0 aliphatic heterocycles. The number of rotatable bonds is 6. The molecule has 0 saturated carbocycles. The molecule has 0 radical (unpaired) electrons. The Kier molecular flexibility index (Phi) is 6.69. The molecule has 96 valence electrons. The van der Waals surface area contributed by atoms with E-state index in [1.54, 1.807) is 18.7 Å². The van der Waals surface area contributed by atoms with E-state index in [4.69, 9.17) is 4.74 Å². The highest BCUT2D eigenvalue weighted by Gasteiger charge is 2.10. The van der Waals surface area contributed by atoms with Crippen LogP contribution in [0, 0.1) is 11.3 Å². The van der Waals surface area contributed by atoms with Crippen LogP contribution in [0.5, 0.6) is 0 Å². The van der Waals surface area contributed by atoms with Crippen molar-refractivity contribution in [1.29, 1.82) is 5.26 Å². The molecule has 0 N–H and O–H groups in total. The van der Waals surface area contributed by atoms with Gasteiger partial charge in [-0.05, 0) is 24.8 Å². The van der Waals surface area contributed by atoms with Gasteiger partial charge in [0.1, 0.15) is 6.07 Å². The largest absolute Gasteiger partial charge is 0.465 e. The lowest BCUT2D eigenvalue weighted by Gasteiger charge is -2.07. The number of nitrogens with zero attached hydrogens (tertiary/aromatic N) is 1. The van der Waals surface area contributed by atoms with E-state index in [1.807, 2.05) is 25.1 Å². The standard InChI is InChI=1S/C13H15NO2S2/c1-3-16-13(15)9-18-12-7-5-6-11(17-4-2)10(12)8-14/h5-7H,3-4,9H2,1-2H3. The van der Waals surface area contributed by atoms with E-state index in [2.05, 4.69) is 6.07 Å². The number of benzene rings is 1. The normalized spacial score (nSPS) is 9.83. The molecule has 0 spiro atoms. The monoisotopic (exact) mass is 281 g/mol. The zero-order valence-electron chi connectivity index (χ0n) is 10.4. The third-order valence-electron chi connectivity index (χ3n) is 2.05. The minimum atomic E-state index is -0.250. The molecular weight excluding hydrogens is 266 g/mol. The molecule has 0 heterocycles. The van der Waals surface area contributed by atoms with Gasteiger partial charge in [0.05, 0.1) is 17.9 Å². The van der Waals surface area contributed by atoms with Crippen molar-refractivity contribution in [2.75, 3.05) is 18.1 Å². The van der Waals surface area contributed by atoms with Crippen LogP contribution >= 0.6 is 23.5 Å². The van der Waals surface area contributed by atoms with Crippen LogP contribution in [0.25, 0.3) is 0 Å². The van der Waals surface area contributed by atoms with Crippen LogP contribution in [-0.4, -0.2) is 24.1 Å². The van der Waals surface area contributed by atoms with Gasteiger partial charge in [-0.25, -0.2) is 0 Å². The summed E-state index contributed by atoms with van der Waals surface area (Å²) in [6, 6.07) is 7.91. The molecule has 0 aromatic heterocycles. The zero-order valence-corrected chi connectivity index (χ0v) is 12.1. The first kappa shape index (κ1) is 14.9. The van der Waals surface area contributed by atoms with Gasteiger partial charge < -0.3 is 4.74 Å². The topological polar surface area (TPSA) is 50.1 Å². The molecule has 3 nitrogen and oxygen atoms in total. The van der Waals surface area contributed by atoms with Crippen LogP contribution in [0.2, 0.25) is 0 Å². The highest BCUT2D eigenvalue weighted by molar-refractivity contribution is 8.00. The lowest BCUT2D eigenvalue weighted by molar-refractivity contribution is -0.139. The average Bonchev–Trinajstić information content (AvgIpc) is 2.37. The number of carbonyl (C=O) groups excluding carboxylic acids is 1. The van der Waals surface area contributed by atoms with E-state index in [0.717, 1.165) is 15.5 Å². The van der Waals surface area contributed by atoms with Gasteiger partial charge in [0.15, 0.2) is 0 Å². The average molecular weight is 281 g/mol. The van der Waals surface area contributed by atoms with Gasteiger partial charge in [-0.3, -0.25) is 4.79 Å². The van der Waals surface area contributed by atoms with Crippen molar-refractivity contribution in [1.82, 2.24) is 0 Å². The van der Waals surface area contributed by atoms with Crippen LogP contribution in [0.4, 0.5) is 0 Å². The highest BCUT2D eigenvalue weighted by Crippen LogP contribution is 2.30. The molecule has 1 rings (SSSR count). The number of thioether (sulfide) groups is 2. The van der Waals surface area contributed by atoms with Gasteiger partial charge in [-0.15, -0.1) is 23.5 Å². The molecule has 0 aliphatic carbocycles. The van der Waals surface area contributed by atoms with Gasteiger partial charge in [0.2, 0.25) is 0 Å². The predicted octanol–water partition coefficient (Wildman–Crippen LogP) is 3.33. The Labute approximate surface area is 116 Å². The molecule has 1 aromatic carbocycles. The molecule has 0 atom stereocenters. The van der Waals surface area contributed by atoms with E-state index in [0.29, 0.717) is 12.2 Å². The molecular formula is C13H15NO2S2. The number of hydrogen-bond donors (Lipinski definition) is 0. The summed E-state index contributed by atoms with van der Waals surface area (Å²) in [5.74, 6) is 0.906. The first-order chi connectivity index (χ1) is 8.72. The fourth-order valence-corrected chi connectivity index (χ4v) is 3.04. The minimum absolute atomic E-state index is 0.239. The SMILES string of the molecule is CCOC(=O)CSc1cccc(SCC)c1C#N. The number of esters is 1. The molecule has 0 amide bonds. The molecule has 18 heavy (non-hydrogen) atoms. The Morgan fingerprint density at radius 2 is 2.00 bits per heavy atom. The molecule has 0 saturated heterocycles. The maximum atomic E-state index is 11.3. The van der Waals surface area contributed by atoms with E-state index in [-0.39, 0.29) is 11.7 Å². The smallest absolute Gasteiger partial charge is 0.316 e. The lowest BCUT2D eigenvalue weighted by Crippen LogP contribution is -2.06. The fourth-order valence-electron chi connectivity index (χ4n) is 1.36. The van der Waals surface area contributed by atoms with Crippen molar-refractivity contribution in [2.45, 2.75) is 23.6 Å². The predicted molar refractivity (Wildman–Crippen MR) is 74.9 cm³/mol. The Morgan fingerprint density at radius 3 is 2.56 bits per heavy atom. The Bertz CT molecular complexity index is 455. The second kappa shape index (κ2) is 8.06. The van der Waals surface area contributed by atoms with Gasteiger partial charge >= 0.3 is 5.97 Å². The van der Waals surface area contributed by atoms with Crippen molar-refractivity contribution in [2.24, 2.45) is 0 Å². The summed E-state index contributed by atoms with van der Waals surface area (Å²) in [6.07, 6.45) is 0. The summed E-state index contributed by atoms with van der Waals surface area (Å²) in [5, 5.41) is 9.20. The van der Waals surface area contributed by atoms with Gasteiger partial charge in [0.25, 0.3) is 0 Å². The Morgan fingerprint density at radius 1 is 1.33 bits per heavy atom.